The fourth-order valence-corrected chi connectivity index (χ4v) is 2.22. The van der Waals surface area contributed by atoms with Crippen molar-refractivity contribution in [2.24, 2.45) is 0 Å². The summed E-state index contributed by atoms with van der Waals surface area (Å²) in [6, 6.07) is 13.3. The fourth-order valence-electron chi connectivity index (χ4n) is 2.22. The third-order valence-electron chi connectivity index (χ3n) is 3.41. The molecule has 0 amide bonds. The molecule has 0 aliphatic carbocycles. The van der Waals surface area contributed by atoms with Gasteiger partial charge in [-0.05, 0) is 49.4 Å². The summed E-state index contributed by atoms with van der Waals surface area (Å²) in [6.45, 7) is 1.61. The number of rotatable bonds is 4. The molecule has 0 N–H and O–H groups in total. The van der Waals surface area contributed by atoms with E-state index < -0.39 is 17.5 Å². The number of Topliss-reactive ketones (excluding diaryl/α,β-unsaturated/α-hetero) is 1. The maximum Gasteiger partial charge on any atom is 0.336 e. The first-order valence-corrected chi connectivity index (χ1v) is 7.03. The highest BCUT2D eigenvalue weighted by atomic mass is 19.1. The van der Waals surface area contributed by atoms with Crippen LogP contribution in [0.3, 0.4) is 0 Å². The molecular weight excluding hydrogens is 299 g/mol. The third-order valence-corrected chi connectivity index (χ3v) is 3.41. The molecule has 4 nitrogen and oxygen atoms in total. The number of hydrogen-bond acceptors (Lipinski definition) is 4. The van der Waals surface area contributed by atoms with Crippen LogP contribution in [-0.4, -0.2) is 11.9 Å². The van der Waals surface area contributed by atoms with Crippen molar-refractivity contribution >= 4 is 16.8 Å². The molecule has 0 fully saturated rings. The van der Waals surface area contributed by atoms with Crippen molar-refractivity contribution in [3.05, 3.63) is 76.4 Å². The van der Waals surface area contributed by atoms with E-state index in [2.05, 4.69) is 0 Å². The van der Waals surface area contributed by atoms with Gasteiger partial charge in [0.05, 0.1) is 0 Å². The van der Waals surface area contributed by atoms with Crippen LogP contribution in [0.4, 0.5) is 4.39 Å². The van der Waals surface area contributed by atoms with Crippen LogP contribution in [0.2, 0.25) is 0 Å². The van der Waals surface area contributed by atoms with Gasteiger partial charge in [0.15, 0.2) is 6.10 Å². The van der Waals surface area contributed by atoms with Gasteiger partial charge in [0.25, 0.3) is 0 Å². The van der Waals surface area contributed by atoms with Crippen molar-refractivity contribution < 1.29 is 18.3 Å². The lowest BCUT2D eigenvalue weighted by atomic mass is 10.1. The predicted octanol–water partition coefficient (Wildman–Crippen LogP) is 3.58. The molecule has 1 aromatic heterocycles. The molecule has 23 heavy (non-hydrogen) atoms. The molecule has 0 aliphatic heterocycles. The minimum Gasteiger partial charge on any atom is -0.482 e. The van der Waals surface area contributed by atoms with E-state index in [1.54, 1.807) is 31.2 Å². The van der Waals surface area contributed by atoms with Crippen LogP contribution in [0.15, 0.2) is 63.8 Å². The number of hydrogen-bond donors (Lipinski definition) is 0. The standard InChI is InChI=1S/C18H13FO4/c1-11(18(21)13-2-6-14(19)7-3-13)22-15-8-4-12-5-9-17(20)23-16(12)10-15/h2-11H,1H3. The summed E-state index contributed by atoms with van der Waals surface area (Å²) in [5, 5.41) is 0.759. The van der Waals surface area contributed by atoms with Gasteiger partial charge < -0.3 is 9.15 Å². The lowest BCUT2D eigenvalue weighted by Gasteiger charge is -2.14. The van der Waals surface area contributed by atoms with Gasteiger partial charge in [-0.25, -0.2) is 9.18 Å². The Balaban J connectivity index is 1.81. The van der Waals surface area contributed by atoms with Crippen LogP contribution in [0.1, 0.15) is 17.3 Å². The van der Waals surface area contributed by atoms with E-state index in [0.29, 0.717) is 16.9 Å². The first-order valence-electron chi connectivity index (χ1n) is 7.03. The minimum atomic E-state index is -0.756. The Morgan fingerprint density at radius 3 is 2.52 bits per heavy atom. The van der Waals surface area contributed by atoms with E-state index in [1.807, 2.05) is 0 Å². The van der Waals surface area contributed by atoms with E-state index in [1.165, 1.54) is 30.3 Å². The second-order valence-electron chi connectivity index (χ2n) is 5.09. The molecule has 1 heterocycles. The normalized spacial score (nSPS) is 12.1. The molecular formula is C18H13FO4. The average Bonchev–Trinajstić information content (AvgIpc) is 2.54. The molecule has 0 saturated carbocycles. The van der Waals surface area contributed by atoms with Gasteiger partial charge in [-0.2, -0.15) is 0 Å². The number of halogens is 1. The van der Waals surface area contributed by atoms with Gasteiger partial charge in [0.1, 0.15) is 17.1 Å². The Labute approximate surface area is 131 Å². The Hall–Kier alpha value is -2.95. The second kappa shape index (κ2) is 6.04. The molecule has 2 aromatic carbocycles. The Bertz CT molecular complexity index is 912. The van der Waals surface area contributed by atoms with E-state index in [9.17, 15) is 14.0 Å². The number of benzene rings is 2. The van der Waals surface area contributed by atoms with Crippen molar-refractivity contribution in [1.29, 1.82) is 0 Å². The van der Waals surface area contributed by atoms with Crippen molar-refractivity contribution in [2.45, 2.75) is 13.0 Å². The minimum absolute atomic E-state index is 0.264. The zero-order valence-corrected chi connectivity index (χ0v) is 12.3. The number of ketones is 1. The van der Waals surface area contributed by atoms with Crippen LogP contribution < -0.4 is 10.4 Å². The maximum atomic E-state index is 12.9. The largest absolute Gasteiger partial charge is 0.482 e. The summed E-state index contributed by atoms with van der Waals surface area (Å²) in [6.07, 6.45) is -0.756. The maximum absolute atomic E-state index is 12.9. The second-order valence-corrected chi connectivity index (χ2v) is 5.09. The van der Waals surface area contributed by atoms with Gasteiger partial charge in [0, 0.05) is 23.1 Å². The zero-order valence-electron chi connectivity index (χ0n) is 12.3. The van der Waals surface area contributed by atoms with Crippen molar-refractivity contribution in [1.82, 2.24) is 0 Å². The molecule has 5 heteroatoms. The topological polar surface area (TPSA) is 56.5 Å². The molecule has 1 unspecified atom stereocenters. The van der Waals surface area contributed by atoms with E-state index in [-0.39, 0.29) is 5.78 Å². The first kappa shape index (κ1) is 15.0. The molecule has 3 rings (SSSR count). The van der Waals surface area contributed by atoms with Gasteiger partial charge in [-0.15, -0.1) is 0 Å². The smallest absolute Gasteiger partial charge is 0.336 e. The van der Waals surface area contributed by atoms with Crippen LogP contribution in [0.25, 0.3) is 11.0 Å². The van der Waals surface area contributed by atoms with Gasteiger partial charge in [-0.3, -0.25) is 4.79 Å². The highest BCUT2D eigenvalue weighted by Crippen LogP contribution is 2.21. The molecule has 0 saturated heterocycles. The molecule has 0 radical (unpaired) electrons. The fraction of sp³-hybridized carbons (Fsp3) is 0.111. The summed E-state index contributed by atoms with van der Waals surface area (Å²) < 4.78 is 23.6. The number of carbonyl (C=O) groups is 1. The van der Waals surface area contributed by atoms with Crippen molar-refractivity contribution in [3.63, 3.8) is 0 Å². The number of ether oxygens (including phenoxy) is 1. The number of fused-ring (bicyclic) bond motifs is 1. The summed E-state index contributed by atoms with van der Waals surface area (Å²) in [7, 11) is 0. The van der Waals surface area contributed by atoms with Crippen molar-refractivity contribution in [3.8, 4) is 5.75 Å². The highest BCUT2D eigenvalue weighted by Gasteiger charge is 2.17. The van der Waals surface area contributed by atoms with Gasteiger partial charge >= 0.3 is 5.63 Å². The third kappa shape index (κ3) is 3.29. The number of carbonyl (C=O) groups excluding carboxylic acids is 1. The molecule has 116 valence electrons. The van der Waals surface area contributed by atoms with Crippen molar-refractivity contribution in [2.75, 3.05) is 0 Å². The summed E-state index contributed by atoms with van der Waals surface area (Å²) in [4.78, 5) is 23.5. The van der Waals surface area contributed by atoms with Gasteiger partial charge in [0.2, 0.25) is 5.78 Å². The lowest BCUT2D eigenvalue weighted by molar-refractivity contribution is 0.0818. The quantitative estimate of drug-likeness (QED) is 0.546. The summed E-state index contributed by atoms with van der Waals surface area (Å²) >= 11 is 0. The van der Waals surface area contributed by atoms with Crippen LogP contribution in [0.5, 0.6) is 5.75 Å². The van der Waals surface area contributed by atoms with Crippen LogP contribution in [-0.2, 0) is 0 Å². The van der Waals surface area contributed by atoms with E-state index in [4.69, 9.17) is 9.15 Å². The monoisotopic (exact) mass is 312 g/mol. The van der Waals surface area contributed by atoms with E-state index in [0.717, 1.165) is 5.39 Å². The van der Waals surface area contributed by atoms with Crippen LogP contribution >= 0.6 is 0 Å². The Morgan fingerprint density at radius 1 is 1.09 bits per heavy atom. The average molecular weight is 312 g/mol. The summed E-state index contributed by atoms with van der Waals surface area (Å²) in [5.74, 6) is -0.255. The predicted molar refractivity (Wildman–Crippen MR) is 83.3 cm³/mol. The van der Waals surface area contributed by atoms with Crippen LogP contribution in [0, 0.1) is 5.82 Å². The van der Waals surface area contributed by atoms with Gasteiger partial charge in [-0.1, -0.05) is 0 Å². The molecule has 0 aliphatic rings. The lowest BCUT2D eigenvalue weighted by Crippen LogP contribution is -2.23. The summed E-state index contributed by atoms with van der Waals surface area (Å²) in [5.41, 5.74) is 0.299. The van der Waals surface area contributed by atoms with E-state index >= 15 is 0 Å². The molecule has 3 aromatic rings. The molecule has 0 bridgehead atoms. The first-order chi connectivity index (χ1) is 11.0. The molecule has 0 spiro atoms. The SMILES string of the molecule is CC(Oc1ccc2ccc(=O)oc2c1)C(=O)c1ccc(F)cc1. The Kier molecular flexibility index (Phi) is 3.93. The molecule has 1 atom stereocenters. The Morgan fingerprint density at radius 2 is 1.78 bits per heavy atom. The zero-order chi connectivity index (χ0) is 16.4. The highest BCUT2D eigenvalue weighted by molar-refractivity contribution is 5.99.